The summed E-state index contributed by atoms with van der Waals surface area (Å²) in [6.07, 6.45) is 10.1. The van der Waals surface area contributed by atoms with Gasteiger partial charge in [-0.2, -0.15) is 0 Å². The number of nitrogens with zero attached hydrogens (tertiary/aromatic N) is 1. The molecule has 3 rings (SSSR count). The maximum absolute atomic E-state index is 12.2. The van der Waals surface area contributed by atoms with Crippen molar-refractivity contribution in [2.24, 2.45) is 5.92 Å². The summed E-state index contributed by atoms with van der Waals surface area (Å²) in [5.41, 5.74) is 0. The van der Waals surface area contributed by atoms with Gasteiger partial charge in [0, 0.05) is 18.6 Å². The predicted octanol–water partition coefficient (Wildman–Crippen LogP) is 2.10. The molecule has 2 amide bonds. The van der Waals surface area contributed by atoms with Crippen molar-refractivity contribution >= 4 is 6.03 Å². The molecular weight excluding hydrogens is 238 g/mol. The Hall–Kier alpha value is -0.770. The van der Waals surface area contributed by atoms with E-state index in [1.807, 2.05) is 7.05 Å². The van der Waals surface area contributed by atoms with Gasteiger partial charge in [0.15, 0.2) is 0 Å². The zero-order valence-electron chi connectivity index (χ0n) is 12.0. The summed E-state index contributed by atoms with van der Waals surface area (Å²) < 4.78 is 0. The van der Waals surface area contributed by atoms with Gasteiger partial charge >= 0.3 is 6.03 Å². The number of amides is 2. The maximum Gasteiger partial charge on any atom is 0.318 e. The number of carbonyl (C=O) groups is 1. The van der Waals surface area contributed by atoms with Crippen molar-refractivity contribution in [2.75, 3.05) is 13.6 Å². The van der Waals surface area contributed by atoms with E-state index in [4.69, 9.17) is 0 Å². The van der Waals surface area contributed by atoms with Crippen molar-refractivity contribution in [1.29, 1.82) is 0 Å². The molecule has 3 aliphatic rings. The normalized spacial score (nSPS) is 36.8. The third kappa shape index (κ3) is 2.73. The number of carbonyl (C=O) groups excluding carboxylic acids is 1. The Kier molecular flexibility index (Phi) is 3.96. The van der Waals surface area contributed by atoms with Crippen LogP contribution in [0.2, 0.25) is 0 Å². The summed E-state index contributed by atoms with van der Waals surface area (Å²) in [6.45, 7) is 0.957. The fourth-order valence-electron chi connectivity index (χ4n) is 4.20. The third-order valence-electron chi connectivity index (χ3n) is 5.48. The highest BCUT2D eigenvalue weighted by atomic mass is 16.2. The second-order valence-corrected chi connectivity index (χ2v) is 6.55. The zero-order chi connectivity index (χ0) is 13.2. The van der Waals surface area contributed by atoms with Gasteiger partial charge in [0.05, 0.1) is 6.04 Å². The predicted molar refractivity (Wildman–Crippen MR) is 76.1 cm³/mol. The lowest BCUT2D eigenvalue weighted by Crippen LogP contribution is -2.43. The van der Waals surface area contributed by atoms with Gasteiger partial charge in [-0.25, -0.2) is 4.79 Å². The van der Waals surface area contributed by atoms with Gasteiger partial charge in [-0.05, 0) is 51.5 Å². The average Bonchev–Trinajstić information content (AvgIpc) is 3.08. The molecule has 0 aromatic heterocycles. The Morgan fingerprint density at radius 2 is 1.79 bits per heavy atom. The first-order chi connectivity index (χ1) is 9.28. The number of nitrogens with one attached hydrogen (secondary N) is 2. The van der Waals surface area contributed by atoms with Crippen molar-refractivity contribution in [1.82, 2.24) is 15.5 Å². The first-order valence-corrected chi connectivity index (χ1v) is 8.02. The maximum atomic E-state index is 12.2. The van der Waals surface area contributed by atoms with Crippen LogP contribution in [-0.4, -0.2) is 42.6 Å². The quantitative estimate of drug-likeness (QED) is 0.821. The zero-order valence-corrected chi connectivity index (χ0v) is 12.0. The van der Waals surface area contributed by atoms with E-state index in [2.05, 4.69) is 15.5 Å². The highest BCUT2D eigenvalue weighted by Crippen LogP contribution is 2.32. The molecule has 4 nitrogen and oxygen atoms in total. The van der Waals surface area contributed by atoms with E-state index in [-0.39, 0.29) is 6.03 Å². The van der Waals surface area contributed by atoms with Crippen LogP contribution in [0.5, 0.6) is 0 Å². The molecule has 0 spiro atoms. The van der Waals surface area contributed by atoms with Crippen molar-refractivity contribution in [2.45, 2.75) is 69.5 Å². The number of rotatable bonds is 3. The van der Waals surface area contributed by atoms with Gasteiger partial charge in [0.1, 0.15) is 0 Å². The second kappa shape index (κ2) is 5.70. The summed E-state index contributed by atoms with van der Waals surface area (Å²) in [5.74, 6) is 0.739. The molecule has 4 heteroatoms. The van der Waals surface area contributed by atoms with E-state index in [0.717, 1.165) is 25.3 Å². The molecule has 1 atom stereocenters. The Balaban J connectivity index is 1.55. The van der Waals surface area contributed by atoms with Crippen LogP contribution in [0.3, 0.4) is 0 Å². The molecule has 2 aliphatic carbocycles. The van der Waals surface area contributed by atoms with E-state index < -0.39 is 0 Å². The Morgan fingerprint density at radius 1 is 1.11 bits per heavy atom. The van der Waals surface area contributed by atoms with E-state index in [9.17, 15) is 4.79 Å². The first-order valence-electron chi connectivity index (χ1n) is 8.02. The summed E-state index contributed by atoms with van der Waals surface area (Å²) in [6, 6.07) is 1.77. The van der Waals surface area contributed by atoms with Gasteiger partial charge in [-0.3, -0.25) is 0 Å². The van der Waals surface area contributed by atoms with Crippen LogP contribution in [0.15, 0.2) is 0 Å². The van der Waals surface area contributed by atoms with Gasteiger partial charge in [0.2, 0.25) is 0 Å². The first kappa shape index (κ1) is 13.2. The molecule has 3 fully saturated rings. The van der Waals surface area contributed by atoms with Crippen LogP contribution in [0.1, 0.15) is 51.4 Å². The molecule has 1 unspecified atom stereocenters. The van der Waals surface area contributed by atoms with Crippen LogP contribution < -0.4 is 10.6 Å². The second-order valence-electron chi connectivity index (χ2n) is 6.55. The molecule has 1 aliphatic heterocycles. The molecule has 108 valence electrons. The minimum Gasteiger partial charge on any atom is -0.333 e. The number of hydrogen-bond acceptors (Lipinski definition) is 2. The summed E-state index contributed by atoms with van der Waals surface area (Å²) in [4.78, 5) is 14.3. The highest BCUT2D eigenvalue weighted by Gasteiger charge is 2.39. The van der Waals surface area contributed by atoms with Crippen LogP contribution in [0.4, 0.5) is 4.79 Å². The van der Waals surface area contributed by atoms with E-state index in [1.54, 1.807) is 0 Å². The third-order valence-corrected chi connectivity index (χ3v) is 5.48. The lowest BCUT2D eigenvalue weighted by molar-refractivity contribution is 0.169. The van der Waals surface area contributed by atoms with Crippen LogP contribution in [0, 0.1) is 5.92 Å². The fourth-order valence-corrected chi connectivity index (χ4v) is 4.20. The number of hydrogen-bond donors (Lipinski definition) is 2. The minimum atomic E-state index is 0.199. The van der Waals surface area contributed by atoms with Crippen molar-refractivity contribution in [3.63, 3.8) is 0 Å². The Labute approximate surface area is 116 Å². The van der Waals surface area contributed by atoms with E-state index in [1.165, 1.54) is 38.5 Å². The Bertz CT molecular complexity index is 319. The smallest absolute Gasteiger partial charge is 0.318 e. The molecule has 1 saturated heterocycles. The average molecular weight is 265 g/mol. The van der Waals surface area contributed by atoms with Crippen LogP contribution >= 0.6 is 0 Å². The van der Waals surface area contributed by atoms with Gasteiger partial charge < -0.3 is 15.5 Å². The highest BCUT2D eigenvalue weighted by molar-refractivity contribution is 5.77. The Morgan fingerprint density at radius 3 is 2.42 bits per heavy atom. The van der Waals surface area contributed by atoms with Crippen molar-refractivity contribution in [3.8, 4) is 0 Å². The molecular formula is C15H27N3O. The van der Waals surface area contributed by atoms with Crippen LogP contribution in [-0.2, 0) is 0 Å². The lowest BCUT2D eigenvalue weighted by Gasteiger charge is -2.34. The molecule has 19 heavy (non-hydrogen) atoms. The monoisotopic (exact) mass is 265 g/mol. The van der Waals surface area contributed by atoms with Crippen molar-refractivity contribution in [3.05, 3.63) is 0 Å². The molecule has 0 aromatic rings. The van der Waals surface area contributed by atoms with Gasteiger partial charge in [-0.1, -0.05) is 12.8 Å². The molecule has 0 bridgehead atoms. The largest absolute Gasteiger partial charge is 0.333 e. The lowest BCUT2D eigenvalue weighted by atomic mass is 9.90. The summed E-state index contributed by atoms with van der Waals surface area (Å²) in [7, 11) is 2.05. The number of urea groups is 1. The van der Waals surface area contributed by atoms with E-state index in [0.29, 0.717) is 18.1 Å². The molecule has 2 saturated carbocycles. The molecule has 0 aromatic carbocycles. The topological polar surface area (TPSA) is 44.4 Å². The molecule has 1 heterocycles. The molecule has 0 radical (unpaired) electrons. The summed E-state index contributed by atoms with van der Waals surface area (Å²) in [5, 5.41) is 6.60. The fraction of sp³-hybridized carbons (Fsp3) is 0.933. The standard InChI is InChI=1S/C15H27N3O/c1-16-12-6-8-13(9-7-12)18-10-14(17-15(18)19)11-4-2-3-5-11/h11-14,16H,2-10H2,1H3,(H,17,19). The van der Waals surface area contributed by atoms with Crippen molar-refractivity contribution < 1.29 is 4.79 Å². The van der Waals surface area contributed by atoms with Gasteiger partial charge in [-0.15, -0.1) is 0 Å². The summed E-state index contributed by atoms with van der Waals surface area (Å²) >= 11 is 0. The SMILES string of the molecule is CNC1CCC(N2CC(C3CCCC3)NC2=O)CC1. The van der Waals surface area contributed by atoms with Crippen LogP contribution in [0.25, 0.3) is 0 Å². The molecule has 2 N–H and O–H groups in total. The minimum absolute atomic E-state index is 0.199. The van der Waals surface area contributed by atoms with Gasteiger partial charge in [0.25, 0.3) is 0 Å². The van der Waals surface area contributed by atoms with E-state index >= 15 is 0 Å².